The molecule has 0 saturated carbocycles. The van der Waals surface area contributed by atoms with Gasteiger partial charge in [0, 0.05) is 64.4 Å². The highest BCUT2D eigenvalue weighted by Gasteiger charge is 2.41. The summed E-state index contributed by atoms with van der Waals surface area (Å²) in [6.07, 6.45) is -8.60. The Hall–Kier alpha value is -3.57. The monoisotopic (exact) mass is 611 g/mol. The van der Waals surface area contributed by atoms with Crippen molar-refractivity contribution in [3.8, 4) is 0 Å². The van der Waals surface area contributed by atoms with E-state index in [0.29, 0.717) is 44.6 Å². The molecule has 12 heteroatoms. The van der Waals surface area contributed by atoms with Crippen molar-refractivity contribution in [1.82, 2.24) is 14.7 Å². The predicted octanol–water partition coefficient (Wildman–Crippen LogP) is 5.88. The van der Waals surface area contributed by atoms with E-state index in [0.717, 1.165) is 16.0 Å². The fraction of sp³-hybridized carbons (Fsp3) is 0.516. The highest BCUT2D eigenvalue weighted by Crippen LogP contribution is 2.38. The number of rotatable bonds is 5. The molecule has 0 spiro atoms. The third-order valence-corrected chi connectivity index (χ3v) is 8.44. The molecule has 2 aromatic carbocycles. The van der Waals surface area contributed by atoms with Crippen molar-refractivity contribution >= 4 is 17.7 Å². The molecule has 0 aromatic heterocycles. The molecule has 2 aromatic rings. The average molecular weight is 612 g/mol. The Bertz CT molecular complexity index is 1320. The number of aryl methyl sites for hydroxylation is 1. The molecule has 0 N–H and O–H groups in total. The van der Waals surface area contributed by atoms with Crippen LogP contribution in [0.2, 0.25) is 0 Å². The van der Waals surface area contributed by atoms with Crippen LogP contribution >= 0.6 is 0 Å². The predicted molar refractivity (Wildman–Crippen MR) is 147 cm³/mol. The number of nitrogens with zero attached hydrogens (tertiary/aromatic N) is 3. The topological polar surface area (TPSA) is 60.9 Å². The fourth-order valence-corrected chi connectivity index (χ4v) is 6.13. The zero-order valence-electron chi connectivity index (χ0n) is 24.3. The highest BCUT2D eigenvalue weighted by molar-refractivity contribution is 5.82. The first-order chi connectivity index (χ1) is 20.0. The van der Waals surface area contributed by atoms with Crippen molar-refractivity contribution in [2.45, 2.75) is 57.9 Å². The van der Waals surface area contributed by atoms with Crippen LogP contribution in [0.5, 0.6) is 0 Å². The summed E-state index contributed by atoms with van der Waals surface area (Å²) < 4.78 is 80.3. The molecule has 2 aliphatic rings. The Balaban J connectivity index is 1.55. The summed E-state index contributed by atoms with van der Waals surface area (Å²) in [4.78, 5) is 43.6. The van der Waals surface area contributed by atoms with Gasteiger partial charge >= 0.3 is 12.4 Å². The van der Waals surface area contributed by atoms with Gasteiger partial charge in [0.05, 0.1) is 11.1 Å². The number of likely N-dealkylation sites (tertiary alicyclic amines) is 2. The second-order valence-corrected chi connectivity index (χ2v) is 11.6. The Morgan fingerprint density at radius 2 is 1.44 bits per heavy atom. The molecule has 2 atom stereocenters. The van der Waals surface area contributed by atoms with E-state index in [9.17, 15) is 40.7 Å². The van der Waals surface area contributed by atoms with Crippen LogP contribution in [0.25, 0.3) is 0 Å². The Morgan fingerprint density at radius 3 is 1.98 bits per heavy atom. The van der Waals surface area contributed by atoms with Gasteiger partial charge in [-0.3, -0.25) is 14.4 Å². The average Bonchev–Trinajstić information content (AvgIpc) is 2.95. The molecule has 2 heterocycles. The molecule has 0 aliphatic carbocycles. The van der Waals surface area contributed by atoms with E-state index in [4.69, 9.17) is 0 Å². The number of benzene rings is 2. The van der Waals surface area contributed by atoms with Crippen molar-refractivity contribution in [2.24, 2.45) is 11.8 Å². The van der Waals surface area contributed by atoms with Gasteiger partial charge in [-0.25, -0.2) is 0 Å². The Kier molecular flexibility index (Phi) is 9.46. The van der Waals surface area contributed by atoms with E-state index in [2.05, 4.69) is 0 Å². The number of halogens is 6. The van der Waals surface area contributed by atoms with Crippen LogP contribution in [0.1, 0.15) is 59.9 Å². The first-order valence-corrected chi connectivity index (χ1v) is 14.2. The van der Waals surface area contributed by atoms with Crippen molar-refractivity contribution in [2.75, 3.05) is 33.2 Å². The van der Waals surface area contributed by atoms with Crippen molar-refractivity contribution in [3.63, 3.8) is 0 Å². The van der Waals surface area contributed by atoms with Crippen LogP contribution in [0.3, 0.4) is 0 Å². The van der Waals surface area contributed by atoms with Crippen LogP contribution in [0, 0.1) is 18.8 Å². The lowest BCUT2D eigenvalue weighted by Crippen LogP contribution is -2.50. The summed E-state index contributed by atoms with van der Waals surface area (Å²) in [5, 5.41) is 0. The van der Waals surface area contributed by atoms with Gasteiger partial charge in [0.25, 0.3) is 0 Å². The molecule has 0 unspecified atom stereocenters. The molecule has 3 amide bonds. The summed E-state index contributed by atoms with van der Waals surface area (Å²) in [7, 11) is 1.36. The number of alkyl halides is 6. The van der Waals surface area contributed by atoms with Crippen LogP contribution < -0.4 is 0 Å². The van der Waals surface area contributed by atoms with Crippen LogP contribution in [0.4, 0.5) is 26.3 Å². The molecule has 234 valence electrons. The van der Waals surface area contributed by atoms with Gasteiger partial charge in [-0.15, -0.1) is 0 Å². The lowest BCUT2D eigenvalue weighted by molar-refractivity contribution is -0.145. The summed E-state index contributed by atoms with van der Waals surface area (Å²) in [6, 6.07) is 8.86. The number of carbonyl (C=O) groups is 3. The SMILES string of the molecule is CC(=O)N1CCC(C(=O)N2CC[C@@H](C(=O)N(C)Cc3cc(C(F)(F)F)cc(C(F)(F)F)c3)[C@H](c3cccc(C)c3)C2)CC1. The summed E-state index contributed by atoms with van der Waals surface area (Å²) in [5.74, 6) is -1.79. The zero-order chi connectivity index (χ0) is 31.7. The first-order valence-electron chi connectivity index (χ1n) is 14.2. The summed E-state index contributed by atoms with van der Waals surface area (Å²) in [5.41, 5.74) is -1.38. The van der Waals surface area contributed by atoms with E-state index in [1.165, 1.54) is 14.0 Å². The first kappa shape index (κ1) is 32.3. The number of carbonyl (C=O) groups excluding carboxylic acids is 3. The maximum atomic E-state index is 13.8. The minimum atomic E-state index is -4.99. The van der Waals surface area contributed by atoms with E-state index in [1.54, 1.807) is 9.80 Å². The second-order valence-electron chi connectivity index (χ2n) is 11.6. The quantitative estimate of drug-likeness (QED) is 0.397. The van der Waals surface area contributed by atoms with Gasteiger partial charge in [-0.2, -0.15) is 26.3 Å². The Morgan fingerprint density at radius 1 is 0.860 bits per heavy atom. The van der Waals surface area contributed by atoms with Gasteiger partial charge in [-0.05, 0) is 55.5 Å². The largest absolute Gasteiger partial charge is 0.416 e. The molecule has 43 heavy (non-hydrogen) atoms. The van der Waals surface area contributed by atoms with E-state index in [-0.39, 0.29) is 42.3 Å². The number of hydrogen-bond donors (Lipinski definition) is 0. The maximum absolute atomic E-state index is 13.8. The molecule has 4 rings (SSSR count). The lowest BCUT2D eigenvalue weighted by atomic mass is 9.79. The van der Waals surface area contributed by atoms with E-state index >= 15 is 0 Å². The second kappa shape index (κ2) is 12.6. The summed E-state index contributed by atoms with van der Waals surface area (Å²) >= 11 is 0. The van der Waals surface area contributed by atoms with E-state index in [1.807, 2.05) is 31.2 Å². The van der Waals surface area contributed by atoms with Gasteiger partial charge in [-0.1, -0.05) is 29.8 Å². The third kappa shape index (κ3) is 7.69. The van der Waals surface area contributed by atoms with Gasteiger partial charge in [0.15, 0.2) is 0 Å². The smallest absolute Gasteiger partial charge is 0.343 e. The molecule has 2 fully saturated rings. The van der Waals surface area contributed by atoms with Gasteiger partial charge in [0.2, 0.25) is 17.7 Å². The normalized spacial score (nSPS) is 20.2. The molecule has 2 aliphatic heterocycles. The standard InChI is InChI=1S/C31H35F6N3O3/c1-19-5-4-6-23(13-19)27-18-40(28(42)22-7-10-39(11-8-22)20(2)41)12-9-26(27)29(43)38(3)17-21-14-24(30(32,33)34)16-25(15-21)31(35,36)37/h4-6,13-16,22,26-27H,7-12,17-18H2,1-3H3/t26-,27+/m1/s1. The van der Waals surface area contributed by atoms with Crippen LogP contribution in [-0.2, 0) is 33.3 Å². The molecular weight excluding hydrogens is 576 g/mol. The minimum Gasteiger partial charge on any atom is -0.343 e. The van der Waals surface area contributed by atoms with Crippen LogP contribution in [0.15, 0.2) is 42.5 Å². The Labute approximate surface area is 246 Å². The maximum Gasteiger partial charge on any atom is 0.416 e. The molecular formula is C31H35F6N3O3. The lowest BCUT2D eigenvalue weighted by Gasteiger charge is -2.42. The third-order valence-electron chi connectivity index (χ3n) is 8.44. The van der Waals surface area contributed by atoms with Gasteiger partial charge < -0.3 is 14.7 Å². The molecule has 6 nitrogen and oxygen atoms in total. The minimum absolute atomic E-state index is 0.0337. The van der Waals surface area contributed by atoms with Gasteiger partial charge in [0.1, 0.15) is 0 Å². The number of hydrogen-bond acceptors (Lipinski definition) is 3. The highest BCUT2D eigenvalue weighted by atomic mass is 19.4. The van der Waals surface area contributed by atoms with Crippen molar-refractivity contribution < 1.29 is 40.7 Å². The van der Waals surface area contributed by atoms with Crippen LogP contribution in [-0.4, -0.2) is 65.6 Å². The van der Waals surface area contributed by atoms with Crippen molar-refractivity contribution in [3.05, 3.63) is 70.3 Å². The molecule has 0 bridgehead atoms. The number of amides is 3. The fourth-order valence-electron chi connectivity index (χ4n) is 6.13. The summed E-state index contributed by atoms with van der Waals surface area (Å²) in [6.45, 7) is 4.49. The molecule has 2 saturated heterocycles. The van der Waals surface area contributed by atoms with Crippen molar-refractivity contribution in [1.29, 1.82) is 0 Å². The van der Waals surface area contributed by atoms with E-state index < -0.39 is 47.8 Å². The number of piperidine rings is 2. The zero-order valence-corrected chi connectivity index (χ0v) is 24.3. The molecule has 0 radical (unpaired) electrons.